The zero-order valence-electron chi connectivity index (χ0n) is 10.4. The van der Waals surface area contributed by atoms with Crippen molar-refractivity contribution in [2.45, 2.75) is 38.5 Å². The molecule has 0 radical (unpaired) electrons. The van der Waals surface area contributed by atoms with E-state index >= 15 is 0 Å². The lowest BCUT2D eigenvalue weighted by Crippen LogP contribution is -2.22. The molecule has 0 amide bonds. The predicted octanol–water partition coefficient (Wildman–Crippen LogP) is 2.48. The summed E-state index contributed by atoms with van der Waals surface area (Å²) in [5.74, 6) is 0.380. The second kappa shape index (κ2) is 4.59. The number of carboxylic acids is 1. The number of hydrogen-bond donors (Lipinski definition) is 2. The Balaban J connectivity index is 1.83. The Hall–Kier alpha value is -1.58. The predicted molar refractivity (Wildman–Crippen MR) is 69.1 cm³/mol. The molecule has 0 unspecified atom stereocenters. The maximum absolute atomic E-state index is 11.3. The lowest BCUT2D eigenvalue weighted by molar-refractivity contribution is 0.0697. The molecule has 0 atom stereocenters. The van der Waals surface area contributed by atoms with E-state index in [1.807, 2.05) is 0 Å². The van der Waals surface area contributed by atoms with Gasteiger partial charge in [0.2, 0.25) is 0 Å². The zero-order chi connectivity index (χ0) is 12.5. The first-order chi connectivity index (χ1) is 8.74. The Kier molecular flexibility index (Phi) is 2.94. The summed E-state index contributed by atoms with van der Waals surface area (Å²) in [4.78, 5) is 15.8. The van der Waals surface area contributed by atoms with Crippen molar-refractivity contribution in [1.82, 2.24) is 4.98 Å². The Labute approximate surface area is 106 Å². The van der Waals surface area contributed by atoms with Gasteiger partial charge in [0, 0.05) is 12.2 Å². The number of carboxylic acid groups (broad SMARTS) is 1. The molecule has 3 rings (SSSR count). The fraction of sp³-hybridized carbons (Fsp3) is 0.571. The lowest BCUT2D eigenvalue weighted by atomic mass is 9.85. The van der Waals surface area contributed by atoms with Gasteiger partial charge in [-0.1, -0.05) is 6.42 Å². The Morgan fingerprint density at radius 2 is 2.22 bits per heavy atom. The molecule has 1 aromatic rings. The van der Waals surface area contributed by atoms with Crippen molar-refractivity contribution in [3.05, 3.63) is 22.9 Å². The molecule has 0 aliphatic heterocycles. The van der Waals surface area contributed by atoms with Crippen molar-refractivity contribution in [2.24, 2.45) is 5.92 Å². The number of aromatic carboxylic acids is 1. The van der Waals surface area contributed by atoms with Crippen LogP contribution >= 0.6 is 0 Å². The molecule has 2 aliphatic carbocycles. The number of aryl methyl sites for hydroxylation is 2. The molecule has 0 saturated heterocycles. The number of nitrogens with zero attached hydrogens (tertiary/aromatic N) is 1. The van der Waals surface area contributed by atoms with Crippen LogP contribution in [0.2, 0.25) is 0 Å². The largest absolute Gasteiger partial charge is 0.478 e. The number of hydrogen-bond acceptors (Lipinski definition) is 3. The maximum atomic E-state index is 11.3. The highest BCUT2D eigenvalue weighted by Gasteiger charge is 2.22. The van der Waals surface area contributed by atoms with E-state index in [1.165, 1.54) is 19.3 Å². The normalized spacial score (nSPS) is 18.2. The molecule has 4 nitrogen and oxygen atoms in total. The minimum absolute atomic E-state index is 0.329. The highest BCUT2D eigenvalue weighted by Crippen LogP contribution is 2.28. The fourth-order valence-electron chi connectivity index (χ4n) is 2.71. The van der Waals surface area contributed by atoms with Crippen LogP contribution in [0.3, 0.4) is 0 Å². The monoisotopic (exact) mass is 246 g/mol. The number of aromatic nitrogens is 1. The van der Waals surface area contributed by atoms with Crippen LogP contribution in [-0.4, -0.2) is 22.6 Å². The number of rotatable bonds is 4. The van der Waals surface area contributed by atoms with Gasteiger partial charge in [0.25, 0.3) is 0 Å². The van der Waals surface area contributed by atoms with Gasteiger partial charge in [-0.3, -0.25) is 0 Å². The van der Waals surface area contributed by atoms with Crippen molar-refractivity contribution in [3.8, 4) is 0 Å². The van der Waals surface area contributed by atoms with Crippen molar-refractivity contribution < 1.29 is 9.90 Å². The second-order valence-electron chi connectivity index (χ2n) is 5.33. The molecule has 0 bridgehead atoms. The average Bonchev–Trinajstić information content (AvgIpc) is 2.72. The molecular formula is C14H18N2O2. The van der Waals surface area contributed by atoms with E-state index in [-0.39, 0.29) is 0 Å². The molecule has 0 spiro atoms. The van der Waals surface area contributed by atoms with Crippen LogP contribution in [-0.2, 0) is 12.8 Å². The summed E-state index contributed by atoms with van der Waals surface area (Å²) in [6.45, 7) is 0.853. The van der Waals surface area contributed by atoms with Gasteiger partial charge in [-0.25, -0.2) is 9.78 Å². The van der Waals surface area contributed by atoms with E-state index in [2.05, 4.69) is 10.3 Å². The van der Waals surface area contributed by atoms with Gasteiger partial charge in [-0.15, -0.1) is 0 Å². The minimum Gasteiger partial charge on any atom is -0.478 e. The summed E-state index contributed by atoms with van der Waals surface area (Å²) in [6.07, 6.45) is 6.84. The highest BCUT2D eigenvalue weighted by molar-refractivity contribution is 5.93. The molecular weight excluding hydrogens is 228 g/mol. The molecule has 96 valence electrons. The molecule has 2 aliphatic rings. The van der Waals surface area contributed by atoms with E-state index < -0.39 is 5.97 Å². The molecule has 2 N–H and O–H groups in total. The van der Waals surface area contributed by atoms with E-state index in [4.69, 9.17) is 0 Å². The summed E-state index contributed by atoms with van der Waals surface area (Å²) >= 11 is 0. The number of pyridine rings is 1. The zero-order valence-corrected chi connectivity index (χ0v) is 10.4. The van der Waals surface area contributed by atoms with Crippen LogP contribution in [0, 0.1) is 5.92 Å². The Bertz CT molecular complexity index is 481. The third kappa shape index (κ3) is 2.07. The van der Waals surface area contributed by atoms with E-state index in [0.29, 0.717) is 17.3 Å². The first kappa shape index (κ1) is 11.5. The van der Waals surface area contributed by atoms with Crippen LogP contribution in [0.5, 0.6) is 0 Å². The number of carbonyl (C=O) groups is 1. The molecule has 1 aromatic heterocycles. The van der Waals surface area contributed by atoms with Crippen LogP contribution in [0.1, 0.15) is 47.3 Å². The standard InChI is InChI=1S/C14H18N2O2/c17-14(18)11-7-10-5-2-6-12(10)16-13(11)15-8-9-3-1-4-9/h7,9H,1-6,8H2,(H,15,16)(H,17,18). The summed E-state index contributed by atoms with van der Waals surface area (Å²) in [5.41, 5.74) is 2.52. The van der Waals surface area contributed by atoms with Gasteiger partial charge >= 0.3 is 5.97 Å². The summed E-state index contributed by atoms with van der Waals surface area (Å²) in [7, 11) is 0. The fourth-order valence-corrected chi connectivity index (χ4v) is 2.71. The van der Waals surface area contributed by atoms with Gasteiger partial charge in [0.15, 0.2) is 0 Å². The van der Waals surface area contributed by atoms with Gasteiger partial charge in [-0.2, -0.15) is 0 Å². The SMILES string of the molecule is O=C(O)c1cc2c(nc1NCC1CCC1)CCC2. The molecule has 4 heteroatoms. The van der Waals surface area contributed by atoms with Crippen molar-refractivity contribution >= 4 is 11.8 Å². The van der Waals surface area contributed by atoms with Crippen molar-refractivity contribution in [2.75, 3.05) is 11.9 Å². The number of nitrogens with one attached hydrogen (secondary N) is 1. The maximum Gasteiger partial charge on any atom is 0.339 e. The van der Waals surface area contributed by atoms with Gasteiger partial charge in [0.05, 0.1) is 0 Å². The van der Waals surface area contributed by atoms with Gasteiger partial charge < -0.3 is 10.4 Å². The third-order valence-corrected chi connectivity index (χ3v) is 4.06. The van der Waals surface area contributed by atoms with Crippen LogP contribution in [0.4, 0.5) is 5.82 Å². The molecule has 0 aromatic carbocycles. The highest BCUT2D eigenvalue weighted by atomic mass is 16.4. The smallest absolute Gasteiger partial charge is 0.339 e. The quantitative estimate of drug-likeness (QED) is 0.856. The number of anilines is 1. The van der Waals surface area contributed by atoms with Crippen molar-refractivity contribution in [3.63, 3.8) is 0 Å². The Morgan fingerprint density at radius 3 is 2.89 bits per heavy atom. The average molecular weight is 246 g/mol. The second-order valence-corrected chi connectivity index (χ2v) is 5.33. The van der Waals surface area contributed by atoms with Gasteiger partial charge in [-0.05, 0) is 49.7 Å². The summed E-state index contributed by atoms with van der Waals surface area (Å²) in [5, 5.41) is 12.5. The summed E-state index contributed by atoms with van der Waals surface area (Å²) in [6, 6.07) is 1.81. The van der Waals surface area contributed by atoms with Crippen molar-refractivity contribution in [1.29, 1.82) is 0 Å². The van der Waals surface area contributed by atoms with E-state index in [1.54, 1.807) is 6.07 Å². The molecule has 1 fully saturated rings. The molecule has 1 heterocycles. The first-order valence-corrected chi connectivity index (χ1v) is 6.74. The van der Waals surface area contributed by atoms with Crippen LogP contribution in [0.15, 0.2) is 6.07 Å². The Morgan fingerprint density at radius 1 is 1.39 bits per heavy atom. The van der Waals surface area contributed by atoms with E-state index in [9.17, 15) is 9.90 Å². The van der Waals surface area contributed by atoms with E-state index in [0.717, 1.165) is 37.1 Å². The lowest BCUT2D eigenvalue weighted by Gasteiger charge is -2.26. The summed E-state index contributed by atoms with van der Waals surface area (Å²) < 4.78 is 0. The molecule has 1 saturated carbocycles. The van der Waals surface area contributed by atoms with Gasteiger partial charge in [0.1, 0.15) is 11.4 Å². The number of fused-ring (bicyclic) bond motifs is 1. The third-order valence-electron chi connectivity index (χ3n) is 4.06. The molecule has 18 heavy (non-hydrogen) atoms. The first-order valence-electron chi connectivity index (χ1n) is 6.74. The minimum atomic E-state index is -0.881. The van der Waals surface area contributed by atoms with Crippen LogP contribution in [0.25, 0.3) is 0 Å². The topological polar surface area (TPSA) is 62.2 Å². The van der Waals surface area contributed by atoms with Crippen LogP contribution < -0.4 is 5.32 Å².